The zero-order valence-electron chi connectivity index (χ0n) is 11.0. The number of nitrogens with two attached hydrogens (primary N) is 1. The Bertz CT molecular complexity index is 500. The van der Waals surface area contributed by atoms with Crippen LogP contribution in [0.25, 0.3) is 0 Å². The van der Waals surface area contributed by atoms with Crippen molar-refractivity contribution >= 4 is 34.8 Å². The first-order valence-corrected chi connectivity index (χ1v) is 7.31. The van der Waals surface area contributed by atoms with E-state index < -0.39 is 0 Å². The summed E-state index contributed by atoms with van der Waals surface area (Å²) >= 11 is 10.9. The van der Waals surface area contributed by atoms with Crippen LogP contribution in [0.3, 0.4) is 0 Å². The maximum atomic E-state index is 5.78. The van der Waals surface area contributed by atoms with Crippen molar-refractivity contribution in [1.82, 2.24) is 20.7 Å². The quantitative estimate of drug-likeness (QED) is 0.340. The number of nitrogens with one attached hydrogen (secondary N) is 2. The highest BCUT2D eigenvalue weighted by Gasteiger charge is 2.13. The Hall–Kier alpha value is -1.47. The van der Waals surface area contributed by atoms with E-state index in [9.17, 15) is 0 Å². The second-order valence-electron chi connectivity index (χ2n) is 4.64. The number of hydrogen-bond acceptors (Lipinski definition) is 4. The molecule has 1 saturated carbocycles. The highest BCUT2D eigenvalue weighted by molar-refractivity contribution is 7.80. The van der Waals surface area contributed by atoms with Gasteiger partial charge in [0, 0.05) is 6.04 Å². The Morgan fingerprint density at radius 2 is 2.10 bits per heavy atom. The van der Waals surface area contributed by atoms with Crippen molar-refractivity contribution < 1.29 is 0 Å². The molecule has 0 spiro atoms. The molecule has 1 aromatic heterocycles. The summed E-state index contributed by atoms with van der Waals surface area (Å²) in [7, 11) is 0. The lowest BCUT2D eigenvalue weighted by atomic mass is 9.96. The average molecular weight is 313 g/mol. The van der Waals surface area contributed by atoms with Crippen LogP contribution in [0.1, 0.15) is 37.8 Å². The molecule has 4 N–H and O–H groups in total. The van der Waals surface area contributed by atoms with Crippen molar-refractivity contribution in [2.24, 2.45) is 10.8 Å². The van der Waals surface area contributed by atoms with Gasteiger partial charge in [0.15, 0.2) is 10.9 Å². The summed E-state index contributed by atoms with van der Waals surface area (Å²) in [4.78, 5) is 7.90. The molecule has 20 heavy (non-hydrogen) atoms. The zero-order valence-corrected chi connectivity index (χ0v) is 12.5. The second kappa shape index (κ2) is 7.35. The molecule has 6 nitrogen and oxygen atoms in total. The number of nitrogens with zero attached hydrogens (tertiary/aromatic N) is 3. The van der Waals surface area contributed by atoms with Crippen molar-refractivity contribution in [3.8, 4) is 0 Å². The van der Waals surface area contributed by atoms with E-state index in [1.54, 1.807) is 0 Å². The minimum atomic E-state index is 0.188. The highest BCUT2D eigenvalue weighted by atomic mass is 35.5. The van der Waals surface area contributed by atoms with Gasteiger partial charge >= 0.3 is 0 Å². The van der Waals surface area contributed by atoms with Crippen LogP contribution in [0.4, 0.5) is 0 Å². The van der Waals surface area contributed by atoms with Gasteiger partial charge in [0.1, 0.15) is 10.8 Å². The molecule has 1 aromatic rings. The van der Waals surface area contributed by atoms with E-state index in [0.717, 1.165) is 12.8 Å². The largest absolute Gasteiger partial charge is 0.380 e. The molecule has 1 fully saturated rings. The third-order valence-electron chi connectivity index (χ3n) is 3.09. The van der Waals surface area contributed by atoms with Crippen molar-refractivity contribution in [2.75, 3.05) is 0 Å². The number of thiocarbonyl (C=S) groups is 1. The van der Waals surface area contributed by atoms with Gasteiger partial charge in [-0.05, 0) is 25.1 Å². The predicted octanol–water partition coefficient (Wildman–Crippen LogP) is 1.55. The van der Waals surface area contributed by atoms with Crippen LogP contribution in [-0.4, -0.2) is 27.0 Å². The van der Waals surface area contributed by atoms with Crippen LogP contribution in [0.15, 0.2) is 17.5 Å². The fourth-order valence-corrected chi connectivity index (χ4v) is 2.46. The van der Waals surface area contributed by atoms with Gasteiger partial charge in [-0.3, -0.25) is 10.4 Å². The maximum Gasteiger partial charge on any atom is 0.187 e. The van der Waals surface area contributed by atoms with E-state index in [-0.39, 0.29) is 11.0 Å². The molecule has 0 bridgehead atoms. The van der Waals surface area contributed by atoms with Gasteiger partial charge in [-0.2, -0.15) is 5.10 Å². The van der Waals surface area contributed by atoms with Gasteiger partial charge in [-0.25, -0.2) is 4.98 Å². The Kier molecular flexibility index (Phi) is 5.49. The Morgan fingerprint density at radius 3 is 2.80 bits per heavy atom. The number of aromatic nitrogens is 2. The SMILES string of the molecule is N/C(=N\NC(=S)NC1CCCCC1)c1cncc(Cl)n1. The van der Waals surface area contributed by atoms with Crippen molar-refractivity contribution in [2.45, 2.75) is 38.1 Å². The Labute approximate surface area is 128 Å². The first-order chi connectivity index (χ1) is 9.65. The molecule has 1 heterocycles. The summed E-state index contributed by atoms with van der Waals surface area (Å²) in [6.07, 6.45) is 8.98. The van der Waals surface area contributed by atoms with Gasteiger partial charge in [-0.15, -0.1) is 0 Å². The first-order valence-electron chi connectivity index (χ1n) is 6.53. The van der Waals surface area contributed by atoms with Crippen molar-refractivity contribution in [3.63, 3.8) is 0 Å². The van der Waals surface area contributed by atoms with Gasteiger partial charge < -0.3 is 11.1 Å². The molecule has 0 atom stereocenters. The van der Waals surface area contributed by atoms with Crippen LogP contribution < -0.4 is 16.5 Å². The van der Waals surface area contributed by atoms with Gasteiger partial charge in [0.25, 0.3) is 0 Å². The molecule has 0 saturated heterocycles. The van der Waals surface area contributed by atoms with Crippen LogP contribution in [0.5, 0.6) is 0 Å². The summed E-state index contributed by atoms with van der Waals surface area (Å²) < 4.78 is 0. The van der Waals surface area contributed by atoms with Gasteiger partial charge in [-0.1, -0.05) is 30.9 Å². The molecule has 1 aliphatic carbocycles. The number of rotatable bonds is 3. The van der Waals surface area contributed by atoms with E-state index in [4.69, 9.17) is 29.6 Å². The first kappa shape index (κ1) is 14.9. The van der Waals surface area contributed by atoms with E-state index in [1.165, 1.54) is 31.7 Å². The normalized spacial score (nSPS) is 16.8. The number of hydrogen-bond donors (Lipinski definition) is 3. The lowest BCUT2D eigenvalue weighted by Crippen LogP contribution is -2.41. The third kappa shape index (κ3) is 4.57. The van der Waals surface area contributed by atoms with Crippen molar-refractivity contribution in [1.29, 1.82) is 0 Å². The molecule has 1 aliphatic rings. The number of hydrazone groups is 1. The van der Waals surface area contributed by atoms with Crippen LogP contribution in [-0.2, 0) is 0 Å². The maximum absolute atomic E-state index is 5.78. The third-order valence-corrected chi connectivity index (χ3v) is 3.48. The summed E-state index contributed by atoms with van der Waals surface area (Å²) in [6, 6.07) is 0.422. The van der Waals surface area contributed by atoms with E-state index >= 15 is 0 Å². The lowest BCUT2D eigenvalue weighted by Gasteiger charge is -2.23. The fraction of sp³-hybridized carbons (Fsp3) is 0.500. The topological polar surface area (TPSA) is 88.2 Å². The average Bonchev–Trinajstić information content (AvgIpc) is 2.46. The molecule has 0 radical (unpaired) electrons. The highest BCUT2D eigenvalue weighted by Crippen LogP contribution is 2.17. The smallest absolute Gasteiger partial charge is 0.187 e. The lowest BCUT2D eigenvalue weighted by molar-refractivity contribution is 0.412. The molecule has 0 aromatic carbocycles. The molecular formula is C12H17ClN6S. The summed E-state index contributed by atoms with van der Waals surface area (Å²) in [5.41, 5.74) is 8.91. The second-order valence-corrected chi connectivity index (χ2v) is 5.44. The van der Waals surface area contributed by atoms with E-state index in [1.807, 2.05) is 0 Å². The fourth-order valence-electron chi connectivity index (χ4n) is 2.10. The molecule has 2 rings (SSSR count). The van der Waals surface area contributed by atoms with Crippen molar-refractivity contribution in [3.05, 3.63) is 23.2 Å². The Morgan fingerprint density at radius 1 is 1.35 bits per heavy atom. The van der Waals surface area contributed by atoms with Gasteiger partial charge in [0.05, 0.1) is 12.4 Å². The molecular weight excluding hydrogens is 296 g/mol. The van der Waals surface area contributed by atoms with Crippen LogP contribution in [0, 0.1) is 0 Å². The van der Waals surface area contributed by atoms with Crippen LogP contribution >= 0.6 is 23.8 Å². The standard InChI is InChI=1S/C12H17ClN6S/c13-10-7-15-6-9(17-10)11(14)18-19-12(20)16-8-4-2-1-3-5-8/h6-8H,1-5H2,(H2,14,18)(H2,16,19,20). The summed E-state index contributed by atoms with van der Waals surface area (Å²) in [5.74, 6) is 0.188. The minimum Gasteiger partial charge on any atom is -0.380 e. The number of amidine groups is 1. The monoisotopic (exact) mass is 312 g/mol. The van der Waals surface area contributed by atoms with E-state index in [0.29, 0.717) is 16.8 Å². The van der Waals surface area contributed by atoms with E-state index in [2.05, 4.69) is 25.8 Å². The summed E-state index contributed by atoms with van der Waals surface area (Å²) in [6.45, 7) is 0. The van der Waals surface area contributed by atoms with Gasteiger partial charge in [0.2, 0.25) is 0 Å². The zero-order chi connectivity index (χ0) is 14.4. The number of halogens is 1. The predicted molar refractivity (Wildman–Crippen MR) is 83.5 cm³/mol. The minimum absolute atomic E-state index is 0.188. The molecule has 0 amide bonds. The van der Waals surface area contributed by atoms with Crippen LogP contribution in [0.2, 0.25) is 5.15 Å². The molecule has 0 aliphatic heterocycles. The molecule has 0 unspecified atom stereocenters. The molecule has 108 valence electrons. The molecule has 8 heteroatoms. The Balaban J connectivity index is 1.86. The summed E-state index contributed by atoms with van der Waals surface area (Å²) in [5, 5.41) is 7.95.